The first-order chi connectivity index (χ1) is 5.75. The van der Waals surface area contributed by atoms with Crippen LogP contribution in [0.2, 0.25) is 0 Å². The van der Waals surface area contributed by atoms with Gasteiger partial charge in [0.15, 0.2) is 0 Å². The third-order valence-electron chi connectivity index (χ3n) is 3.93. The minimum atomic E-state index is 0.545. The lowest BCUT2D eigenvalue weighted by Gasteiger charge is -2.38. The van der Waals surface area contributed by atoms with Gasteiger partial charge in [0.2, 0.25) is 0 Å². The molecular weight excluding hydrogens is 146 g/mol. The summed E-state index contributed by atoms with van der Waals surface area (Å²) in [6.07, 6.45) is 8.55. The normalized spacial score (nSPS) is 38.5. The van der Waals surface area contributed by atoms with Crippen LogP contribution >= 0.6 is 0 Å². The van der Waals surface area contributed by atoms with Gasteiger partial charge in [0.25, 0.3) is 0 Å². The fraction of sp³-hybridized carbons (Fsp3) is 1.00. The molecule has 0 spiro atoms. The summed E-state index contributed by atoms with van der Waals surface area (Å²) in [4.78, 5) is 0. The minimum Gasteiger partial charge on any atom is -0.328 e. The summed E-state index contributed by atoms with van der Waals surface area (Å²) in [5, 5.41) is 0. The van der Waals surface area contributed by atoms with Crippen molar-refractivity contribution in [2.45, 2.75) is 51.5 Å². The first-order valence-electron chi connectivity index (χ1n) is 5.51. The highest BCUT2D eigenvalue weighted by Gasteiger charge is 2.31. The number of hydrogen-bond donors (Lipinski definition) is 1. The summed E-state index contributed by atoms with van der Waals surface area (Å²) in [7, 11) is 0. The van der Waals surface area contributed by atoms with E-state index in [1.807, 2.05) is 0 Å². The van der Waals surface area contributed by atoms with Crippen molar-refractivity contribution in [2.75, 3.05) is 0 Å². The predicted octanol–water partition coefficient (Wildman–Crippen LogP) is 2.55. The van der Waals surface area contributed by atoms with Crippen LogP contribution in [0.25, 0.3) is 0 Å². The molecule has 12 heavy (non-hydrogen) atoms. The van der Waals surface area contributed by atoms with Gasteiger partial charge in [0.05, 0.1) is 0 Å². The minimum absolute atomic E-state index is 0.545. The highest BCUT2D eigenvalue weighted by atomic mass is 14.7. The van der Waals surface area contributed by atoms with E-state index in [0.29, 0.717) is 6.04 Å². The highest BCUT2D eigenvalue weighted by Crippen LogP contribution is 2.40. The Morgan fingerprint density at radius 3 is 2.42 bits per heavy atom. The number of rotatable bonds is 3. The van der Waals surface area contributed by atoms with Crippen LogP contribution in [0.1, 0.15) is 45.4 Å². The van der Waals surface area contributed by atoms with Crippen molar-refractivity contribution in [1.29, 1.82) is 0 Å². The third kappa shape index (κ3) is 1.66. The molecule has 0 heterocycles. The predicted molar refractivity (Wildman–Crippen MR) is 51.8 cm³/mol. The van der Waals surface area contributed by atoms with Crippen molar-refractivity contribution in [3.8, 4) is 0 Å². The molecule has 2 saturated carbocycles. The van der Waals surface area contributed by atoms with E-state index in [2.05, 4.69) is 6.92 Å². The second-order valence-corrected chi connectivity index (χ2v) is 5.00. The molecule has 1 heteroatoms. The molecule has 1 atom stereocenters. The molecule has 0 aromatic heterocycles. The van der Waals surface area contributed by atoms with Crippen LogP contribution in [0.4, 0.5) is 0 Å². The zero-order valence-electron chi connectivity index (χ0n) is 8.13. The standard InChI is InChI=1S/C11H21N/c1-8(10-3-2-4-10)5-9-6-11(12)7-9/h8-11H,2-7,12H2,1H3. The maximum atomic E-state index is 5.77. The van der Waals surface area contributed by atoms with Crippen molar-refractivity contribution in [1.82, 2.24) is 0 Å². The molecule has 0 aliphatic heterocycles. The summed E-state index contributed by atoms with van der Waals surface area (Å²) < 4.78 is 0. The van der Waals surface area contributed by atoms with Crippen LogP contribution in [0.3, 0.4) is 0 Å². The topological polar surface area (TPSA) is 26.0 Å². The Kier molecular flexibility index (Phi) is 2.40. The SMILES string of the molecule is CC(CC1CC(N)C1)C1CCC1. The lowest BCUT2D eigenvalue weighted by atomic mass is 9.69. The number of nitrogens with two attached hydrogens (primary N) is 1. The van der Waals surface area contributed by atoms with Gasteiger partial charge in [-0.05, 0) is 37.0 Å². The Balaban J connectivity index is 1.65. The average Bonchev–Trinajstić information content (AvgIpc) is 1.79. The van der Waals surface area contributed by atoms with Gasteiger partial charge in [-0.25, -0.2) is 0 Å². The Morgan fingerprint density at radius 2 is 2.00 bits per heavy atom. The molecule has 2 aliphatic carbocycles. The Labute approximate surface area is 75.7 Å². The van der Waals surface area contributed by atoms with Gasteiger partial charge < -0.3 is 5.73 Å². The maximum Gasteiger partial charge on any atom is 0.00441 e. The van der Waals surface area contributed by atoms with Crippen molar-refractivity contribution >= 4 is 0 Å². The van der Waals surface area contributed by atoms with Crippen LogP contribution in [0, 0.1) is 17.8 Å². The molecule has 2 fully saturated rings. The van der Waals surface area contributed by atoms with E-state index in [4.69, 9.17) is 5.73 Å². The summed E-state index contributed by atoms with van der Waals surface area (Å²) in [6, 6.07) is 0.545. The Morgan fingerprint density at radius 1 is 1.33 bits per heavy atom. The van der Waals surface area contributed by atoms with E-state index in [1.165, 1.54) is 38.5 Å². The second kappa shape index (κ2) is 3.37. The Hall–Kier alpha value is -0.0400. The van der Waals surface area contributed by atoms with Gasteiger partial charge in [-0.2, -0.15) is 0 Å². The van der Waals surface area contributed by atoms with Gasteiger partial charge in [-0.3, -0.25) is 0 Å². The molecule has 1 nitrogen and oxygen atoms in total. The van der Waals surface area contributed by atoms with Crippen molar-refractivity contribution in [3.63, 3.8) is 0 Å². The van der Waals surface area contributed by atoms with E-state index in [-0.39, 0.29) is 0 Å². The van der Waals surface area contributed by atoms with Crippen molar-refractivity contribution in [3.05, 3.63) is 0 Å². The van der Waals surface area contributed by atoms with Gasteiger partial charge in [-0.1, -0.05) is 26.2 Å². The van der Waals surface area contributed by atoms with Gasteiger partial charge >= 0.3 is 0 Å². The molecule has 2 rings (SSSR count). The van der Waals surface area contributed by atoms with Gasteiger partial charge in [0.1, 0.15) is 0 Å². The van der Waals surface area contributed by atoms with Crippen LogP contribution < -0.4 is 5.73 Å². The quantitative estimate of drug-likeness (QED) is 0.687. The van der Waals surface area contributed by atoms with Gasteiger partial charge in [0, 0.05) is 6.04 Å². The maximum absolute atomic E-state index is 5.77. The van der Waals surface area contributed by atoms with Gasteiger partial charge in [-0.15, -0.1) is 0 Å². The monoisotopic (exact) mass is 167 g/mol. The number of hydrogen-bond acceptors (Lipinski definition) is 1. The molecule has 2 N–H and O–H groups in total. The molecule has 0 saturated heterocycles. The average molecular weight is 167 g/mol. The Bertz CT molecular complexity index is 145. The van der Waals surface area contributed by atoms with E-state index in [1.54, 1.807) is 0 Å². The first-order valence-corrected chi connectivity index (χ1v) is 5.51. The molecular formula is C11H21N. The summed E-state index contributed by atoms with van der Waals surface area (Å²) >= 11 is 0. The largest absolute Gasteiger partial charge is 0.328 e. The zero-order valence-corrected chi connectivity index (χ0v) is 8.13. The molecule has 1 unspecified atom stereocenters. The molecule has 70 valence electrons. The first kappa shape index (κ1) is 8.55. The lowest BCUT2D eigenvalue weighted by Crippen LogP contribution is -2.38. The van der Waals surface area contributed by atoms with E-state index in [9.17, 15) is 0 Å². The fourth-order valence-corrected chi connectivity index (χ4v) is 2.71. The highest BCUT2D eigenvalue weighted by molar-refractivity contribution is 4.85. The fourth-order valence-electron chi connectivity index (χ4n) is 2.71. The summed E-state index contributed by atoms with van der Waals surface area (Å²) in [6.45, 7) is 2.44. The smallest absolute Gasteiger partial charge is 0.00441 e. The molecule has 2 aliphatic rings. The molecule has 0 amide bonds. The molecule has 0 aromatic rings. The van der Waals surface area contributed by atoms with Crippen LogP contribution in [0.5, 0.6) is 0 Å². The third-order valence-corrected chi connectivity index (χ3v) is 3.93. The van der Waals surface area contributed by atoms with Crippen LogP contribution in [-0.4, -0.2) is 6.04 Å². The second-order valence-electron chi connectivity index (χ2n) is 5.00. The lowest BCUT2D eigenvalue weighted by molar-refractivity contribution is 0.146. The van der Waals surface area contributed by atoms with E-state index < -0.39 is 0 Å². The van der Waals surface area contributed by atoms with Crippen molar-refractivity contribution in [2.24, 2.45) is 23.5 Å². The molecule has 0 aromatic carbocycles. The van der Waals surface area contributed by atoms with E-state index >= 15 is 0 Å². The molecule has 0 bridgehead atoms. The summed E-state index contributed by atoms with van der Waals surface area (Å²) in [5.74, 6) is 3.04. The zero-order chi connectivity index (χ0) is 8.55. The van der Waals surface area contributed by atoms with Crippen LogP contribution in [0.15, 0.2) is 0 Å². The van der Waals surface area contributed by atoms with E-state index in [0.717, 1.165) is 17.8 Å². The van der Waals surface area contributed by atoms with Crippen molar-refractivity contribution < 1.29 is 0 Å². The molecule has 0 radical (unpaired) electrons. The summed E-state index contributed by atoms with van der Waals surface area (Å²) in [5.41, 5.74) is 5.77. The van der Waals surface area contributed by atoms with Crippen LogP contribution in [-0.2, 0) is 0 Å².